The van der Waals surface area contributed by atoms with Crippen molar-refractivity contribution in [1.29, 1.82) is 5.26 Å². The highest BCUT2D eigenvalue weighted by atomic mass is 32.1. The second-order valence-electron chi connectivity index (χ2n) is 11.6. The highest BCUT2D eigenvalue weighted by molar-refractivity contribution is 7.23. The van der Waals surface area contributed by atoms with Crippen molar-refractivity contribution in [2.24, 2.45) is 0 Å². The molecule has 12 heteroatoms. The quantitative estimate of drug-likeness (QED) is 0.363. The van der Waals surface area contributed by atoms with E-state index in [0.717, 1.165) is 62.2 Å². The minimum atomic E-state index is -0.603. The molecule has 42 heavy (non-hydrogen) atoms. The van der Waals surface area contributed by atoms with Crippen LogP contribution in [0.1, 0.15) is 43.9 Å². The molecular weight excluding hydrogens is 558 g/mol. The van der Waals surface area contributed by atoms with E-state index < -0.39 is 11.6 Å². The molecule has 2 atom stereocenters. The van der Waals surface area contributed by atoms with E-state index in [1.165, 1.54) is 0 Å². The van der Waals surface area contributed by atoms with Crippen LogP contribution >= 0.6 is 11.3 Å². The number of aromatic nitrogens is 3. The number of rotatable bonds is 4. The number of anilines is 2. The Kier molecular flexibility index (Phi) is 6.73. The van der Waals surface area contributed by atoms with Gasteiger partial charge in [0.05, 0.1) is 35.4 Å². The molecule has 0 amide bonds. The zero-order valence-electron chi connectivity index (χ0n) is 23.8. The smallest absolute Gasteiger partial charge is 0.226 e. The van der Waals surface area contributed by atoms with Crippen molar-refractivity contribution >= 4 is 43.3 Å². The molecule has 7 rings (SSSR count). The molecule has 2 N–H and O–H groups in total. The summed E-state index contributed by atoms with van der Waals surface area (Å²) in [5.74, 6) is -0.703. The molecule has 2 fully saturated rings. The van der Waals surface area contributed by atoms with Crippen molar-refractivity contribution in [2.45, 2.75) is 58.5 Å². The van der Waals surface area contributed by atoms with E-state index in [-0.39, 0.29) is 56.7 Å². The topological polar surface area (TPSA) is 107 Å². The van der Waals surface area contributed by atoms with Crippen LogP contribution in [0.4, 0.5) is 19.7 Å². The number of thiophene rings is 1. The van der Waals surface area contributed by atoms with Gasteiger partial charge in [0.25, 0.3) is 0 Å². The Labute approximate surface area is 246 Å². The first-order valence-electron chi connectivity index (χ1n) is 14.4. The van der Waals surface area contributed by atoms with Crippen LogP contribution in [0.2, 0.25) is 0 Å². The van der Waals surface area contributed by atoms with Crippen LogP contribution in [-0.2, 0) is 18.0 Å². The van der Waals surface area contributed by atoms with Gasteiger partial charge in [0.1, 0.15) is 16.6 Å². The van der Waals surface area contributed by atoms with Crippen molar-refractivity contribution in [3.8, 4) is 17.3 Å². The summed E-state index contributed by atoms with van der Waals surface area (Å²) in [6.07, 6.45) is 3.74. The van der Waals surface area contributed by atoms with E-state index in [1.54, 1.807) is 6.20 Å². The predicted octanol–water partition coefficient (Wildman–Crippen LogP) is 4.66. The number of nitrogens with zero attached hydrogens (tertiary/aromatic N) is 7. The molecule has 3 aliphatic rings. The molecule has 6 heterocycles. The molecule has 0 saturated carbocycles. The average molecular weight is 591 g/mol. The minimum Gasteiger partial charge on any atom is -0.389 e. The molecule has 9 nitrogen and oxygen atoms in total. The molecule has 1 aromatic carbocycles. The van der Waals surface area contributed by atoms with E-state index >= 15 is 4.39 Å². The average Bonchev–Trinajstić information content (AvgIpc) is 3.71. The van der Waals surface area contributed by atoms with E-state index in [4.69, 9.17) is 20.4 Å². The molecular formula is C30H32F2N8OS. The van der Waals surface area contributed by atoms with Gasteiger partial charge in [0.15, 0.2) is 11.6 Å². The monoisotopic (exact) mass is 590 g/mol. The Morgan fingerprint density at radius 3 is 2.60 bits per heavy atom. The first kappa shape index (κ1) is 27.3. The number of halogens is 2. The number of ether oxygens (including phenoxy) is 1. The van der Waals surface area contributed by atoms with E-state index in [9.17, 15) is 9.65 Å². The molecule has 0 unspecified atom stereocenters. The second-order valence-corrected chi connectivity index (χ2v) is 12.7. The first-order valence-corrected chi connectivity index (χ1v) is 15.2. The largest absolute Gasteiger partial charge is 0.389 e. The number of fused-ring (bicyclic) bond motifs is 4. The van der Waals surface area contributed by atoms with E-state index in [1.807, 2.05) is 0 Å². The predicted molar refractivity (Wildman–Crippen MR) is 159 cm³/mol. The lowest BCUT2D eigenvalue weighted by molar-refractivity contribution is 0.0765. The third-order valence-electron chi connectivity index (χ3n) is 9.25. The van der Waals surface area contributed by atoms with Gasteiger partial charge in [-0.3, -0.25) is 14.8 Å². The highest BCUT2D eigenvalue weighted by Gasteiger charge is 2.38. The van der Waals surface area contributed by atoms with Crippen LogP contribution in [0, 0.1) is 23.0 Å². The van der Waals surface area contributed by atoms with Crippen LogP contribution < -0.4 is 10.6 Å². The third-order valence-corrected chi connectivity index (χ3v) is 10.3. The van der Waals surface area contributed by atoms with Crippen molar-refractivity contribution in [1.82, 2.24) is 24.8 Å². The molecule has 0 spiro atoms. The Bertz CT molecular complexity index is 1760. The van der Waals surface area contributed by atoms with Gasteiger partial charge >= 0.3 is 0 Å². The fourth-order valence-electron chi connectivity index (χ4n) is 6.96. The Morgan fingerprint density at radius 2 is 1.86 bits per heavy atom. The van der Waals surface area contributed by atoms with Gasteiger partial charge in [-0.1, -0.05) is 0 Å². The Hall–Kier alpha value is -3.50. The number of hydrogen-bond donors (Lipinski definition) is 1. The van der Waals surface area contributed by atoms with E-state index in [2.05, 4.69) is 46.5 Å². The van der Waals surface area contributed by atoms with Gasteiger partial charge in [-0.15, -0.1) is 11.3 Å². The number of nitriles is 1. The van der Waals surface area contributed by atoms with Crippen LogP contribution in [0.5, 0.6) is 0 Å². The minimum absolute atomic E-state index is 0.0960. The number of benzene rings is 1. The van der Waals surface area contributed by atoms with Crippen LogP contribution in [0.3, 0.4) is 0 Å². The Morgan fingerprint density at radius 1 is 1.10 bits per heavy atom. The van der Waals surface area contributed by atoms with Crippen molar-refractivity contribution in [3.05, 3.63) is 40.7 Å². The second kappa shape index (κ2) is 10.3. The first-order chi connectivity index (χ1) is 20.3. The molecule has 3 aromatic heterocycles. The summed E-state index contributed by atoms with van der Waals surface area (Å²) >= 11 is 0.962. The highest BCUT2D eigenvalue weighted by Crippen LogP contribution is 2.45. The van der Waals surface area contributed by atoms with Crippen molar-refractivity contribution in [2.75, 3.05) is 43.4 Å². The van der Waals surface area contributed by atoms with Crippen LogP contribution in [0.25, 0.3) is 32.2 Å². The number of piperazine rings is 1. The summed E-state index contributed by atoms with van der Waals surface area (Å²) in [6, 6.07) is 3.14. The maximum Gasteiger partial charge on any atom is 0.226 e. The summed E-state index contributed by atoms with van der Waals surface area (Å²) in [7, 11) is 0. The zero-order valence-corrected chi connectivity index (χ0v) is 24.6. The van der Waals surface area contributed by atoms with Gasteiger partial charge in [-0.25, -0.2) is 18.7 Å². The van der Waals surface area contributed by atoms with Crippen molar-refractivity contribution < 1.29 is 13.5 Å². The van der Waals surface area contributed by atoms with Gasteiger partial charge in [0, 0.05) is 73.4 Å². The molecule has 2 saturated heterocycles. The van der Waals surface area contributed by atoms with Gasteiger partial charge < -0.3 is 15.4 Å². The van der Waals surface area contributed by atoms with Crippen LogP contribution in [0.15, 0.2) is 12.4 Å². The normalized spacial score (nSPS) is 21.6. The summed E-state index contributed by atoms with van der Waals surface area (Å²) in [5, 5.41) is 10.8. The summed E-state index contributed by atoms with van der Waals surface area (Å²) in [6.45, 7) is 12.1. The molecule has 218 valence electrons. The summed E-state index contributed by atoms with van der Waals surface area (Å²) in [5.41, 5.74) is 8.07. The number of nitrogens with two attached hydrogens (primary N) is 1. The standard InChI is InChI=1S/C30H32F2N8OS/c1-15(2)38-6-8-39(9-7-38)22-4-5-40(16(22)3)30-36-11-18-19-13-41-14-20(19)23(25(32)26(18)37-30)27-24-17(10-33)29(34)42-28(24)21(31)12-35-27/h11-12,15-16,22H,4-9,13-14,34H2,1-3H3/t16-,22-/m0/s1. The lowest BCUT2D eigenvalue weighted by Gasteiger charge is -2.41. The molecule has 3 aliphatic heterocycles. The van der Waals surface area contributed by atoms with E-state index in [0.29, 0.717) is 29.0 Å². The Balaban J connectivity index is 1.30. The SMILES string of the molecule is CC(C)N1CCN([C@H]2CCN(c3ncc4c5c(c(-c6ncc(F)c7sc(N)c(C#N)c67)c(F)c4n3)COC5)[C@H]2C)CC1. The fraction of sp³-hybridized carbons (Fsp3) is 0.467. The van der Waals surface area contributed by atoms with Crippen molar-refractivity contribution in [3.63, 3.8) is 0 Å². The van der Waals surface area contributed by atoms with Gasteiger partial charge in [0.2, 0.25) is 5.95 Å². The lowest BCUT2D eigenvalue weighted by Crippen LogP contribution is -2.54. The molecule has 0 bridgehead atoms. The summed E-state index contributed by atoms with van der Waals surface area (Å²) < 4.78 is 37.4. The zero-order chi connectivity index (χ0) is 29.3. The summed E-state index contributed by atoms with van der Waals surface area (Å²) in [4.78, 5) is 21.1. The maximum atomic E-state index is 16.7. The molecule has 0 aliphatic carbocycles. The molecule has 0 radical (unpaired) electrons. The molecule has 4 aromatic rings. The van der Waals surface area contributed by atoms with Gasteiger partial charge in [-0.05, 0) is 38.3 Å². The number of hydrogen-bond acceptors (Lipinski definition) is 10. The number of nitrogen functional groups attached to an aromatic ring is 1. The number of pyridine rings is 1. The maximum absolute atomic E-state index is 16.7. The lowest BCUT2D eigenvalue weighted by atomic mass is 9.94. The third kappa shape index (κ3) is 4.13. The fourth-order valence-corrected chi connectivity index (χ4v) is 7.88. The van der Waals surface area contributed by atoms with Crippen LogP contribution in [-0.4, -0.2) is 75.6 Å². The van der Waals surface area contributed by atoms with Gasteiger partial charge in [-0.2, -0.15) is 5.26 Å².